The van der Waals surface area contributed by atoms with Crippen molar-refractivity contribution in [1.29, 1.82) is 0 Å². The number of carbonyl (C=O) groups is 1. The van der Waals surface area contributed by atoms with E-state index in [0.29, 0.717) is 13.1 Å². The van der Waals surface area contributed by atoms with E-state index in [2.05, 4.69) is 10.6 Å². The summed E-state index contributed by atoms with van der Waals surface area (Å²) in [6.45, 7) is 2.09. The van der Waals surface area contributed by atoms with E-state index in [1.165, 1.54) is 37.0 Å². The Hall–Kier alpha value is -0.870. The molecule has 0 saturated heterocycles. The SMILES string of the molecule is O=C(CNCC1CCCCC1)NCc1cccs1. The quantitative estimate of drug-likeness (QED) is 0.831. The van der Waals surface area contributed by atoms with Crippen molar-refractivity contribution in [3.05, 3.63) is 22.4 Å². The molecule has 1 aliphatic rings. The zero-order valence-corrected chi connectivity index (χ0v) is 11.6. The number of rotatable bonds is 6. The van der Waals surface area contributed by atoms with E-state index in [0.717, 1.165) is 12.5 Å². The van der Waals surface area contributed by atoms with Crippen LogP contribution in [0, 0.1) is 5.92 Å². The summed E-state index contributed by atoms with van der Waals surface area (Å²) in [4.78, 5) is 12.8. The van der Waals surface area contributed by atoms with E-state index in [4.69, 9.17) is 0 Å². The summed E-state index contributed by atoms with van der Waals surface area (Å²) in [5.41, 5.74) is 0. The van der Waals surface area contributed by atoms with Crippen LogP contribution in [0.1, 0.15) is 37.0 Å². The molecule has 0 bridgehead atoms. The average Bonchev–Trinajstić information content (AvgIpc) is 2.91. The van der Waals surface area contributed by atoms with Crippen LogP contribution in [0.2, 0.25) is 0 Å². The molecule has 0 spiro atoms. The smallest absolute Gasteiger partial charge is 0.234 e. The summed E-state index contributed by atoms with van der Waals surface area (Å²) in [6, 6.07) is 4.05. The average molecular weight is 266 g/mol. The molecule has 0 radical (unpaired) electrons. The summed E-state index contributed by atoms with van der Waals surface area (Å²) in [5.74, 6) is 0.878. The number of hydrogen-bond acceptors (Lipinski definition) is 3. The van der Waals surface area contributed by atoms with Crippen LogP contribution < -0.4 is 10.6 Å². The molecule has 1 saturated carbocycles. The molecule has 100 valence electrons. The highest BCUT2D eigenvalue weighted by Crippen LogP contribution is 2.22. The Morgan fingerprint density at radius 3 is 2.89 bits per heavy atom. The Morgan fingerprint density at radius 2 is 2.17 bits per heavy atom. The Morgan fingerprint density at radius 1 is 1.33 bits per heavy atom. The maximum atomic E-state index is 11.6. The van der Waals surface area contributed by atoms with Gasteiger partial charge in [0.2, 0.25) is 5.91 Å². The molecule has 1 heterocycles. The number of hydrogen-bond donors (Lipinski definition) is 2. The van der Waals surface area contributed by atoms with E-state index in [-0.39, 0.29) is 5.91 Å². The van der Waals surface area contributed by atoms with E-state index in [1.54, 1.807) is 11.3 Å². The van der Waals surface area contributed by atoms with Crippen LogP contribution >= 0.6 is 11.3 Å². The summed E-state index contributed by atoms with van der Waals surface area (Å²) in [6.07, 6.45) is 6.75. The standard InChI is InChI=1S/C14H22N2OS/c17-14(16-10-13-7-4-8-18-13)11-15-9-12-5-2-1-3-6-12/h4,7-8,12,15H,1-3,5-6,9-11H2,(H,16,17). The van der Waals surface area contributed by atoms with Gasteiger partial charge in [-0.3, -0.25) is 4.79 Å². The van der Waals surface area contributed by atoms with Gasteiger partial charge in [0.25, 0.3) is 0 Å². The molecule has 18 heavy (non-hydrogen) atoms. The van der Waals surface area contributed by atoms with Crippen LogP contribution in [0.15, 0.2) is 17.5 Å². The van der Waals surface area contributed by atoms with Gasteiger partial charge in [-0.15, -0.1) is 11.3 Å². The molecule has 2 N–H and O–H groups in total. The Balaban J connectivity index is 1.54. The molecule has 0 aromatic carbocycles. The third-order valence-electron chi connectivity index (χ3n) is 3.48. The van der Waals surface area contributed by atoms with Crippen LogP contribution in [0.4, 0.5) is 0 Å². The monoisotopic (exact) mass is 266 g/mol. The van der Waals surface area contributed by atoms with Gasteiger partial charge in [0.1, 0.15) is 0 Å². The fraction of sp³-hybridized carbons (Fsp3) is 0.643. The zero-order chi connectivity index (χ0) is 12.6. The molecule has 1 fully saturated rings. The maximum absolute atomic E-state index is 11.6. The predicted molar refractivity (Wildman–Crippen MR) is 75.6 cm³/mol. The van der Waals surface area contributed by atoms with Crippen LogP contribution in [0.5, 0.6) is 0 Å². The molecule has 3 nitrogen and oxygen atoms in total. The lowest BCUT2D eigenvalue weighted by Crippen LogP contribution is -2.35. The lowest BCUT2D eigenvalue weighted by atomic mass is 9.89. The lowest BCUT2D eigenvalue weighted by Gasteiger charge is -2.21. The van der Waals surface area contributed by atoms with Gasteiger partial charge in [0.05, 0.1) is 13.1 Å². The molecule has 1 amide bonds. The van der Waals surface area contributed by atoms with E-state index in [9.17, 15) is 4.79 Å². The first-order valence-electron chi connectivity index (χ1n) is 6.84. The highest BCUT2D eigenvalue weighted by atomic mass is 32.1. The van der Waals surface area contributed by atoms with E-state index >= 15 is 0 Å². The number of carbonyl (C=O) groups excluding carboxylic acids is 1. The summed E-state index contributed by atoms with van der Waals surface area (Å²) in [7, 11) is 0. The fourth-order valence-electron chi connectivity index (χ4n) is 2.44. The first-order valence-corrected chi connectivity index (χ1v) is 7.72. The fourth-order valence-corrected chi connectivity index (χ4v) is 3.09. The van der Waals surface area contributed by atoms with Crippen molar-refractivity contribution in [3.8, 4) is 0 Å². The highest BCUT2D eigenvalue weighted by Gasteiger charge is 2.13. The van der Waals surface area contributed by atoms with Gasteiger partial charge in [0.15, 0.2) is 0 Å². The summed E-state index contributed by atoms with van der Waals surface area (Å²) < 4.78 is 0. The normalized spacial score (nSPS) is 16.7. The van der Waals surface area contributed by atoms with Crippen LogP contribution in [-0.4, -0.2) is 19.0 Å². The first-order chi connectivity index (χ1) is 8.84. The molecular formula is C14H22N2OS. The summed E-state index contributed by atoms with van der Waals surface area (Å²) in [5, 5.41) is 8.24. The maximum Gasteiger partial charge on any atom is 0.234 e. The predicted octanol–water partition coefficient (Wildman–Crippen LogP) is 2.53. The van der Waals surface area contributed by atoms with Gasteiger partial charge < -0.3 is 10.6 Å². The van der Waals surface area contributed by atoms with Crippen molar-refractivity contribution in [3.63, 3.8) is 0 Å². The summed E-state index contributed by atoms with van der Waals surface area (Å²) >= 11 is 1.68. The van der Waals surface area contributed by atoms with Crippen LogP contribution in [0.25, 0.3) is 0 Å². The molecule has 4 heteroatoms. The third kappa shape index (κ3) is 4.78. The molecule has 1 aromatic heterocycles. The third-order valence-corrected chi connectivity index (χ3v) is 4.36. The topological polar surface area (TPSA) is 41.1 Å². The van der Waals surface area contributed by atoms with Gasteiger partial charge in [-0.1, -0.05) is 25.3 Å². The number of thiophene rings is 1. The second-order valence-electron chi connectivity index (χ2n) is 4.99. The van der Waals surface area contributed by atoms with Crippen molar-refractivity contribution in [2.24, 2.45) is 5.92 Å². The van der Waals surface area contributed by atoms with Crippen molar-refractivity contribution < 1.29 is 4.79 Å². The minimum Gasteiger partial charge on any atom is -0.350 e. The van der Waals surface area contributed by atoms with E-state index in [1.807, 2.05) is 17.5 Å². The van der Waals surface area contributed by atoms with Gasteiger partial charge in [-0.05, 0) is 36.8 Å². The van der Waals surface area contributed by atoms with Crippen LogP contribution in [-0.2, 0) is 11.3 Å². The molecule has 1 aromatic rings. The van der Waals surface area contributed by atoms with Gasteiger partial charge in [0, 0.05) is 4.88 Å². The van der Waals surface area contributed by atoms with Crippen molar-refractivity contribution in [2.45, 2.75) is 38.6 Å². The van der Waals surface area contributed by atoms with Crippen LogP contribution in [0.3, 0.4) is 0 Å². The molecule has 0 aliphatic heterocycles. The Bertz CT molecular complexity index is 345. The van der Waals surface area contributed by atoms with Crippen molar-refractivity contribution >= 4 is 17.2 Å². The molecule has 0 atom stereocenters. The second kappa shape index (κ2) is 7.54. The lowest BCUT2D eigenvalue weighted by molar-refractivity contribution is -0.120. The molecular weight excluding hydrogens is 244 g/mol. The Kier molecular flexibility index (Phi) is 5.68. The number of amides is 1. The van der Waals surface area contributed by atoms with Gasteiger partial charge in [-0.2, -0.15) is 0 Å². The zero-order valence-electron chi connectivity index (χ0n) is 10.8. The highest BCUT2D eigenvalue weighted by molar-refractivity contribution is 7.09. The van der Waals surface area contributed by atoms with Gasteiger partial charge in [-0.25, -0.2) is 0 Å². The largest absolute Gasteiger partial charge is 0.350 e. The number of nitrogens with one attached hydrogen (secondary N) is 2. The minimum absolute atomic E-state index is 0.0965. The molecule has 1 aliphatic carbocycles. The molecule has 2 rings (SSSR count). The second-order valence-corrected chi connectivity index (χ2v) is 6.02. The van der Waals surface area contributed by atoms with E-state index < -0.39 is 0 Å². The first kappa shape index (κ1) is 13.6. The minimum atomic E-state index is 0.0965. The molecule has 0 unspecified atom stereocenters. The van der Waals surface area contributed by atoms with Crippen molar-refractivity contribution in [1.82, 2.24) is 10.6 Å². The van der Waals surface area contributed by atoms with Crippen molar-refractivity contribution in [2.75, 3.05) is 13.1 Å². The van der Waals surface area contributed by atoms with Gasteiger partial charge >= 0.3 is 0 Å². The Labute approximate surface area is 113 Å².